The van der Waals surface area contributed by atoms with Gasteiger partial charge in [0.25, 0.3) is 0 Å². The molecular weight excluding hydrogens is 597 g/mol. The van der Waals surface area contributed by atoms with Crippen molar-refractivity contribution < 1.29 is 0 Å². The first kappa shape index (κ1) is 27.3. The third-order valence-corrected chi connectivity index (χ3v) is 10.5. The summed E-state index contributed by atoms with van der Waals surface area (Å²) in [5, 5.41) is 23.5. The van der Waals surface area contributed by atoms with Crippen molar-refractivity contribution in [2.45, 2.75) is 5.41 Å². The molecule has 10 rings (SSSR count). The standard InChI is InChI=1S/C45H26N4/c46-27-29-25-30(28-47)44(26-43(29)48-39-21-9-3-15-33(39)34-16-4-10-22-40(34)48)49-41-23-11-7-19-37(41)45(38-20-8-12-24-42(38)49)35-17-5-1-13-31(35)32-14-2-6-18-36(32)45/h1-26H. The van der Waals surface area contributed by atoms with Crippen LogP contribution in [-0.2, 0) is 5.41 Å². The van der Waals surface area contributed by atoms with E-state index in [1.807, 2.05) is 30.3 Å². The van der Waals surface area contributed by atoms with Crippen LogP contribution < -0.4 is 4.90 Å². The summed E-state index contributed by atoms with van der Waals surface area (Å²) in [5.41, 5.74) is 13.1. The van der Waals surface area contributed by atoms with Crippen molar-refractivity contribution in [2.24, 2.45) is 0 Å². The minimum Gasteiger partial charge on any atom is -0.308 e. The van der Waals surface area contributed by atoms with Crippen molar-refractivity contribution in [1.82, 2.24) is 4.57 Å². The summed E-state index contributed by atoms with van der Waals surface area (Å²) < 4.78 is 2.17. The van der Waals surface area contributed by atoms with E-state index in [0.29, 0.717) is 11.1 Å². The lowest BCUT2D eigenvalue weighted by Crippen LogP contribution is -2.36. The van der Waals surface area contributed by atoms with Crippen molar-refractivity contribution in [2.75, 3.05) is 4.90 Å². The molecule has 2 heterocycles. The Bertz CT molecular complexity index is 2620. The van der Waals surface area contributed by atoms with Gasteiger partial charge in [-0.15, -0.1) is 0 Å². The molecule has 4 heteroatoms. The van der Waals surface area contributed by atoms with E-state index in [1.165, 1.54) is 22.3 Å². The summed E-state index contributed by atoms with van der Waals surface area (Å²) in [7, 11) is 0. The van der Waals surface area contributed by atoms with Gasteiger partial charge >= 0.3 is 0 Å². The van der Waals surface area contributed by atoms with E-state index >= 15 is 0 Å². The summed E-state index contributed by atoms with van der Waals surface area (Å²) in [5.74, 6) is 0. The molecule has 0 bridgehead atoms. The summed E-state index contributed by atoms with van der Waals surface area (Å²) in [6.45, 7) is 0. The van der Waals surface area contributed by atoms with Gasteiger partial charge in [-0.1, -0.05) is 121 Å². The van der Waals surface area contributed by atoms with Gasteiger partial charge < -0.3 is 9.47 Å². The van der Waals surface area contributed by atoms with Crippen LogP contribution in [0.1, 0.15) is 33.4 Å². The third kappa shape index (κ3) is 3.45. The molecule has 1 aromatic heterocycles. The molecule has 0 saturated carbocycles. The molecule has 0 radical (unpaired) electrons. The third-order valence-electron chi connectivity index (χ3n) is 10.5. The molecule has 0 atom stereocenters. The number of nitriles is 2. The minimum absolute atomic E-state index is 0.439. The second-order valence-corrected chi connectivity index (χ2v) is 12.7. The zero-order valence-electron chi connectivity index (χ0n) is 26.3. The van der Waals surface area contributed by atoms with E-state index in [-0.39, 0.29) is 0 Å². The lowest BCUT2D eigenvalue weighted by atomic mass is 9.64. The van der Waals surface area contributed by atoms with Crippen LogP contribution in [0, 0.1) is 22.7 Å². The summed E-state index contributed by atoms with van der Waals surface area (Å²) in [4.78, 5) is 2.23. The second kappa shape index (κ2) is 10.1. The van der Waals surface area contributed by atoms with Gasteiger partial charge in [0.15, 0.2) is 0 Å². The van der Waals surface area contributed by atoms with Gasteiger partial charge in [-0.3, -0.25) is 0 Å². The fraction of sp³-hybridized carbons (Fsp3) is 0.0222. The summed E-state index contributed by atoms with van der Waals surface area (Å²) in [6.07, 6.45) is 0. The van der Waals surface area contributed by atoms with E-state index in [0.717, 1.165) is 55.7 Å². The SMILES string of the molecule is N#Cc1cc(C#N)c(-n2c3ccccc3c3ccccc32)cc1N1c2ccccc2C2(c3ccccc3-c3ccccc32)c2ccccc21. The molecule has 226 valence electrons. The van der Waals surface area contributed by atoms with Crippen molar-refractivity contribution in [3.63, 3.8) is 0 Å². The highest BCUT2D eigenvalue weighted by Gasteiger charge is 2.51. The fourth-order valence-electron chi connectivity index (χ4n) is 8.63. The highest BCUT2D eigenvalue weighted by Crippen LogP contribution is 2.63. The van der Waals surface area contributed by atoms with Crippen LogP contribution >= 0.6 is 0 Å². The average Bonchev–Trinajstić information content (AvgIpc) is 3.66. The van der Waals surface area contributed by atoms with Crippen LogP contribution in [-0.4, -0.2) is 4.57 Å². The molecule has 0 amide bonds. The maximum absolute atomic E-state index is 10.7. The van der Waals surface area contributed by atoms with E-state index in [2.05, 4.69) is 143 Å². The average molecular weight is 623 g/mol. The molecule has 1 spiro atoms. The Balaban J connectivity index is 1.31. The first-order valence-corrected chi connectivity index (χ1v) is 16.4. The van der Waals surface area contributed by atoms with E-state index in [4.69, 9.17) is 0 Å². The highest BCUT2D eigenvalue weighted by atomic mass is 15.2. The number of benzene rings is 7. The zero-order chi connectivity index (χ0) is 32.7. The van der Waals surface area contributed by atoms with Crippen LogP contribution in [0.15, 0.2) is 158 Å². The number of para-hydroxylation sites is 4. The molecule has 8 aromatic rings. The van der Waals surface area contributed by atoms with Crippen LogP contribution in [0.4, 0.5) is 17.1 Å². The topological polar surface area (TPSA) is 55.8 Å². The molecule has 0 unspecified atom stereocenters. The molecular formula is C45H26N4. The molecule has 49 heavy (non-hydrogen) atoms. The van der Waals surface area contributed by atoms with Crippen LogP contribution in [0.3, 0.4) is 0 Å². The number of aromatic nitrogens is 1. The van der Waals surface area contributed by atoms with Crippen LogP contribution in [0.2, 0.25) is 0 Å². The Morgan fingerprint density at radius 3 is 1.37 bits per heavy atom. The first-order chi connectivity index (χ1) is 24.3. The molecule has 4 nitrogen and oxygen atoms in total. The Morgan fingerprint density at radius 2 is 0.837 bits per heavy atom. The minimum atomic E-state index is -0.550. The van der Waals surface area contributed by atoms with Crippen LogP contribution in [0.25, 0.3) is 38.6 Å². The predicted octanol–water partition coefficient (Wildman–Crippen LogP) is 10.7. The number of fused-ring (bicyclic) bond motifs is 12. The normalized spacial score (nSPS) is 13.4. The molecule has 0 N–H and O–H groups in total. The van der Waals surface area contributed by atoms with Crippen molar-refractivity contribution in [3.05, 3.63) is 191 Å². The number of rotatable bonds is 2. The second-order valence-electron chi connectivity index (χ2n) is 12.7. The van der Waals surface area contributed by atoms with Gasteiger partial charge in [-0.25, -0.2) is 0 Å². The van der Waals surface area contributed by atoms with Gasteiger partial charge in [0.2, 0.25) is 0 Å². The van der Waals surface area contributed by atoms with Crippen molar-refractivity contribution in [3.8, 4) is 29.0 Å². The Kier molecular flexibility index (Phi) is 5.59. The maximum Gasteiger partial charge on any atom is 0.101 e. The molecule has 1 aliphatic carbocycles. The Morgan fingerprint density at radius 1 is 0.408 bits per heavy atom. The lowest BCUT2D eigenvalue weighted by molar-refractivity contribution is 0.752. The van der Waals surface area contributed by atoms with Gasteiger partial charge in [0, 0.05) is 10.8 Å². The predicted molar refractivity (Wildman–Crippen MR) is 196 cm³/mol. The smallest absolute Gasteiger partial charge is 0.101 e. The number of anilines is 3. The van der Waals surface area contributed by atoms with E-state index in [1.54, 1.807) is 6.07 Å². The quantitative estimate of drug-likeness (QED) is 0.193. The first-order valence-electron chi connectivity index (χ1n) is 16.4. The molecule has 0 fully saturated rings. The van der Waals surface area contributed by atoms with Gasteiger partial charge in [0.05, 0.1) is 50.3 Å². The van der Waals surface area contributed by atoms with Crippen molar-refractivity contribution in [1.29, 1.82) is 10.5 Å². The number of hydrogen-bond acceptors (Lipinski definition) is 3. The van der Waals surface area contributed by atoms with E-state index in [9.17, 15) is 10.5 Å². The summed E-state index contributed by atoms with van der Waals surface area (Å²) >= 11 is 0. The fourth-order valence-corrected chi connectivity index (χ4v) is 8.63. The highest BCUT2D eigenvalue weighted by molar-refractivity contribution is 6.09. The van der Waals surface area contributed by atoms with Crippen LogP contribution in [0.5, 0.6) is 0 Å². The summed E-state index contributed by atoms with van der Waals surface area (Å²) in [6, 6.07) is 60.0. The monoisotopic (exact) mass is 622 g/mol. The number of hydrogen-bond donors (Lipinski definition) is 0. The largest absolute Gasteiger partial charge is 0.308 e. The Hall–Kier alpha value is -6.88. The molecule has 1 aliphatic heterocycles. The molecule has 2 aliphatic rings. The van der Waals surface area contributed by atoms with Gasteiger partial charge in [-0.2, -0.15) is 10.5 Å². The van der Waals surface area contributed by atoms with Gasteiger partial charge in [0.1, 0.15) is 12.1 Å². The van der Waals surface area contributed by atoms with E-state index < -0.39 is 5.41 Å². The number of nitrogens with zero attached hydrogens (tertiary/aromatic N) is 4. The van der Waals surface area contributed by atoms with Crippen molar-refractivity contribution >= 4 is 38.9 Å². The lowest BCUT2D eigenvalue weighted by Gasteiger charge is -2.45. The zero-order valence-corrected chi connectivity index (χ0v) is 26.3. The maximum atomic E-state index is 10.7. The molecule has 7 aromatic carbocycles. The Labute approximate surface area is 283 Å². The van der Waals surface area contributed by atoms with Gasteiger partial charge in [-0.05, 0) is 69.8 Å². The molecule has 0 saturated heterocycles.